The number of nitrogens with one attached hydrogen (secondary N) is 1. The molecule has 3 nitrogen and oxygen atoms in total. The number of hydrogen-bond donors (Lipinski definition) is 1. The molecule has 0 radical (unpaired) electrons. The predicted octanol–water partition coefficient (Wildman–Crippen LogP) is 2.45. The van der Waals surface area contributed by atoms with Gasteiger partial charge in [-0.25, -0.2) is 0 Å². The lowest BCUT2D eigenvalue weighted by atomic mass is 10.0. The van der Waals surface area contributed by atoms with Gasteiger partial charge in [-0.2, -0.15) is 0 Å². The summed E-state index contributed by atoms with van der Waals surface area (Å²) in [7, 11) is 0. The number of aryl methyl sites for hydroxylation is 1. The van der Waals surface area contributed by atoms with Gasteiger partial charge in [0, 0.05) is 6.54 Å². The second-order valence-corrected chi connectivity index (χ2v) is 5.80. The Labute approximate surface area is 87.9 Å². The van der Waals surface area contributed by atoms with Gasteiger partial charge in [-0.3, -0.25) is 0 Å². The van der Waals surface area contributed by atoms with Gasteiger partial charge in [0.15, 0.2) is 0 Å². The maximum Gasteiger partial charge on any atom is 0.205 e. The monoisotopic (exact) mass is 209 g/mol. The summed E-state index contributed by atoms with van der Waals surface area (Å²) in [6, 6.07) is 0. The van der Waals surface area contributed by atoms with Crippen molar-refractivity contribution in [3.8, 4) is 0 Å². The largest absolute Gasteiger partial charge is 0.360 e. The molecule has 0 saturated heterocycles. The third kappa shape index (κ3) is 1.52. The molecule has 3 rings (SSSR count). The summed E-state index contributed by atoms with van der Waals surface area (Å²) in [5.41, 5.74) is 0.652. The predicted molar refractivity (Wildman–Crippen MR) is 57.5 cm³/mol. The van der Waals surface area contributed by atoms with Crippen LogP contribution in [-0.4, -0.2) is 16.7 Å². The summed E-state index contributed by atoms with van der Waals surface area (Å²) in [6.45, 7) is 3.11. The van der Waals surface area contributed by atoms with Crippen molar-refractivity contribution in [2.75, 3.05) is 11.9 Å². The summed E-state index contributed by atoms with van der Waals surface area (Å²) < 4.78 is 0. The van der Waals surface area contributed by atoms with E-state index in [4.69, 9.17) is 0 Å². The molecular formula is C10H15N3S. The van der Waals surface area contributed by atoms with Crippen LogP contribution in [0.2, 0.25) is 0 Å². The molecule has 1 heterocycles. The number of hydrogen-bond acceptors (Lipinski definition) is 4. The van der Waals surface area contributed by atoms with E-state index in [9.17, 15) is 0 Å². The third-order valence-electron chi connectivity index (χ3n) is 3.45. The van der Waals surface area contributed by atoms with Crippen molar-refractivity contribution >= 4 is 16.5 Å². The van der Waals surface area contributed by atoms with Crippen molar-refractivity contribution in [3.63, 3.8) is 0 Å². The first-order valence-electron chi connectivity index (χ1n) is 5.32. The van der Waals surface area contributed by atoms with Crippen LogP contribution < -0.4 is 5.32 Å². The molecule has 1 N–H and O–H groups in total. The molecule has 0 aromatic carbocycles. The Morgan fingerprint density at radius 2 is 2.21 bits per heavy atom. The Morgan fingerprint density at radius 3 is 2.71 bits per heavy atom. The maximum absolute atomic E-state index is 4.08. The fraction of sp³-hybridized carbons (Fsp3) is 0.800. The summed E-state index contributed by atoms with van der Waals surface area (Å²) in [5, 5.41) is 13.6. The summed E-state index contributed by atoms with van der Waals surface area (Å²) in [4.78, 5) is 0. The fourth-order valence-corrected chi connectivity index (χ4v) is 2.79. The molecule has 14 heavy (non-hydrogen) atoms. The second-order valence-electron chi connectivity index (χ2n) is 4.62. The molecule has 76 valence electrons. The van der Waals surface area contributed by atoms with Crippen LogP contribution in [-0.2, 0) is 0 Å². The second kappa shape index (κ2) is 2.92. The molecule has 2 fully saturated rings. The van der Waals surface area contributed by atoms with E-state index in [1.807, 2.05) is 6.92 Å². The minimum Gasteiger partial charge on any atom is -0.360 e. The minimum atomic E-state index is 0.652. The zero-order chi connectivity index (χ0) is 9.60. The molecule has 0 atom stereocenters. The van der Waals surface area contributed by atoms with E-state index in [1.165, 1.54) is 25.7 Å². The van der Waals surface area contributed by atoms with E-state index >= 15 is 0 Å². The highest BCUT2D eigenvalue weighted by Gasteiger charge is 2.53. The molecule has 2 aliphatic carbocycles. The van der Waals surface area contributed by atoms with Crippen LogP contribution in [0.5, 0.6) is 0 Å². The zero-order valence-electron chi connectivity index (χ0n) is 8.42. The van der Waals surface area contributed by atoms with Gasteiger partial charge in [0.1, 0.15) is 5.01 Å². The fourth-order valence-electron chi connectivity index (χ4n) is 2.21. The van der Waals surface area contributed by atoms with Crippen molar-refractivity contribution in [2.24, 2.45) is 11.3 Å². The SMILES string of the molecule is Cc1nnc(NCC2(C3CC3)CC2)s1. The normalized spacial score (nSPS) is 23.5. The Kier molecular flexibility index (Phi) is 1.81. The molecule has 0 unspecified atom stereocenters. The standard InChI is InChI=1S/C10H15N3S/c1-7-12-13-9(14-7)11-6-10(4-5-10)8-2-3-8/h8H,2-6H2,1H3,(H,11,13). The highest BCUT2D eigenvalue weighted by molar-refractivity contribution is 7.15. The number of aromatic nitrogens is 2. The molecule has 2 saturated carbocycles. The van der Waals surface area contributed by atoms with Crippen LogP contribution in [0.15, 0.2) is 0 Å². The summed E-state index contributed by atoms with van der Waals surface area (Å²) in [6.07, 6.45) is 5.75. The van der Waals surface area contributed by atoms with Crippen molar-refractivity contribution < 1.29 is 0 Å². The lowest BCUT2D eigenvalue weighted by Crippen LogP contribution is -2.17. The van der Waals surface area contributed by atoms with Crippen LogP contribution >= 0.6 is 11.3 Å². The average Bonchev–Trinajstić information content (AvgIpc) is 3.03. The number of nitrogens with zero attached hydrogens (tertiary/aromatic N) is 2. The molecule has 0 aliphatic heterocycles. The van der Waals surface area contributed by atoms with E-state index < -0.39 is 0 Å². The molecule has 4 heteroatoms. The summed E-state index contributed by atoms with van der Waals surface area (Å²) in [5.74, 6) is 1.02. The molecule has 1 aromatic rings. The van der Waals surface area contributed by atoms with Gasteiger partial charge < -0.3 is 5.32 Å². The van der Waals surface area contributed by atoms with E-state index in [0.29, 0.717) is 5.41 Å². The lowest BCUT2D eigenvalue weighted by molar-refractivity contribution is 0.466. The number of rotatable bonds is 4. The van der Waals surface area contributed by atoms with E-state index in [2.05, 4.69) is 15.5 Å². The van der Waals surface area contributed by atoms with Crippen LogP contribution in [0.1, 0.15) is 30.7 Å². The Morgan fingerprint density at radius 1 is 1.43 bits per heavy atom. The smallest absolute Gasteiger partial charge is 0.205 e. The highest BCUT2D eigenvalue weighted by atomic mass is 32.1. The molecule has 0 spiro atoms. The zero-order valence-corrected chi connectivity index (χ0v) is 9.23. The quantitative estimate of drug-likeness (QED) is 0.827. The van der Waals surface area contributed by atoms with Gasteiger partial charge in [0.2, 0.25) is 5.13 Å². The molecule has 0 bridgehead atoms. The third-order valence-corrected chi connectivity index (χ3v) is 4.25. The molecular weight excluding hydrogens is 194 g/mol. The van der Waals surface area contributed by atoms with Crippen LogP contribution in [0.3, 0.4) is 0 Å². The van der Waals surface area contributed by atoms with Crippen LogP contribution in [0, 0.1) is 18.3 Å². The van der Waals surface area contributed by atoms with Gasteiger partial charge in [-0.05, 0) is 43.9 Å². The first-order valence-corrected chi connectivity index (χ1v) is 6.14. The maximum atomic E-state index is 4.08. The Bertz CT molecular complexity index is 339. The number of anilines is 1. The summed E-state index contributed by atoms with van der Waals surface area (Å²) >= 11 is 1.65. The van der Waals surface area contributed by atoms with Crippen LogP contribution in [0.25, 0.3) is 0 Å². The first kappa shape index (κ1) is 8.65. The molecule has 1 aromatic heterocycles. The highest BCUT2D eigenvalue weighted by Crippen LogP contribution is 2.61. The van der Waals surface area contributed by atoms with Crippen molar-refractivity contribution in [2.45, 2.75) is 32.6 Å². The average molecular weight is 209 g/mol. The van der Waals surface area contributed by atoms with Gasteiger partial charge in [0.05, 0.1) is 0 Å². The van der Waals surface area contributed by atoms with E-state index in [0.717, 1.165) is 22.6 Å². The van der Waals surface area contributed by atoms with Crippen molar-refractivity contribution in [1.82, 2.24) is 10.2 Å². The molecule has 2 aliphatic rings. The van der Waals surface area contributed by atoms with Crippen molar-refractivity contribution in [1.29, 1.82) is 0 Å². The topological polar surface area (TPSA) is 37.8 Å². The van der Waals surface area contributed by atoms with E-state index in [-0.39, 0.29) is 0 Å². The minimum absolute atomic E-state index is 0.652. The van der Waals surface area contributed by atoms with Gasteiger partial charge in [-0.1, -0.05) is 11.3 Å². The molecule has 0 amide bonds. The first-order chi connectivity index (χ1) is 6.78. The van der Waals surface area contributed by atoms with Gasteiger partial charge in [-0.15, -0.1) is 10.2 Å². The van der Waals surface area contributed by atoms with E-state index in [1.54, 1.807) is 11.3 Å². The lowest BCUT2D eigenvalue weighted by Gasteiger charge is -2.13. The Balaban J connectivity index is 1.59. The Hall–Kier alpha value is -0.640. The van der Waals surface area contributed by atoms with Gasteiger partial charge >= 0.3 is 0 Å². The van der Waals surface area contributed by atoms with Crippen LogP contribution in [0.4, 0.5) is 5.13 Å². The van der Waals surface area contributed by atoms with Crippen molar-refractivity contribution in [3.05, 3.63) is 5.01 Å². The van der Waals surface area contributed by atoms with Gasteiger partial charge in [0.25, 0.3) is 0 Å².